The molecule has 25 heavy (non-hydrogen) atoms. The second-order valence-electron chi connectivity index (χ2n) is 6.85. The zero-order chi connectivity index (χ0) is 17.5. The molecule has 1 saturated heterocycles. The topological polar surface area (TPSA) is 40.2 Å². The summed E-state index contributed by atoms with van der Waals surface area (Å²) in [4.78, 5) is 2.57. The monoisotopic (exact) mass is 349 g/mol. The normalized spacial score (nSPS) is 24.9. The zero-order valence-corrected chi connectivity index (χ0v) is 15.5. The fourth-order valence-corrected chi connectivity index (χ4v) is 3.96. The Balaban J connectivity index is 1.52. The van der Waals surface area contributed by atoms with Crippen LogP contribution in [0.15, 0.2) is 18.2 Å². The van der Waals surface area contributed by atoms with Gasteiger partial charge in [-0.2, -0.15) is 0 Å². The Morgan fingerprint density at radius 3 is 2.56 bits per heavy atom. The van der Waals surface area contributed by atoms with Crippen molar-refractivity contribution in [1.29, 1.82) is 0 Å². The largest absolute Gasteiger partial charge is 0.493 e. The number of benzene rings is 1. The number of nitrogens with zero attached hydrogens (tertiary/aromatic N) is 1. The lowest BCUT2D eigenvalue weighted by atomic mass is 9.91. The Labute approximate surface area is 151 Å². The van der Waals surface area contributed by atoms with Crippen molar-refractivity contribution in [3.05, 3.63) is 23.8 Å². The first-order valence-corrected chi connectivity index (χ1v) is 9.46. The lowest BCUT2D eigenvalue weighted by molar-refractivity contribution is -0.0647. The van der Waals surface area contributed by atoms with E-state index in [1.54, 1.807) is 14.2 Å². The molecule has 0 unspecified atom stereocenters. The van der Waals surface area contributed by atoms with Gasteiger partial charge in [-0.05, 0) is 37.0 Å². The summed E-state index contributed by atoms with van der Waals surface area (Å²) in [5.41, 5.74) is 1.22. The first-order valence-electron chi connectivity index (χ1n) is 9.46. The zero-order valence-electron chi connectivity index (χ0n) is 15.5. The van der Waals surface area contributed by atoms with Crippen molar-refractivity contribution in [3.63, 3.8) is 0 Å². The third-order valence-electron chi connectivity index (χ3n) is 5.35. The third kappa shape index (κ3) is 4.87. The molecule has 0 amide bonds. The van der Waals surface area contributed by atoms with Gasteiger partial charge in [-0.25, -0.2) is 0 Å². The van der Waals surface area contributed by atoms with Crippen LogP contribution in [0.4, 0.5) is 0 Å². The minimum atomic E-state index is 0.354. The van der Waals surface area contributed by atoms with Gasteiger partial charge in [0.1, 0.15) is 0 Å². The van der Waals surface area contributed by atoms with Gasteiger partial charge in [0.05, 0.1) is 40.1 Å². The summed E-state index contributed by atoms with van der Waals surface area (Å²) in [6, 6.07) is 6.65. The van der Waals surface area contributed by atoms with E-state index in [2.05, 4.69) is 11.0 Å². The van der Waals surface area contributed by atoms with Gasteiger partial charge in [-0.3, -0.25) is 4.90 Å². The summed E-state index contributed by atoms with van der Waals surface area (Å²) >= 11 is 0. The molecule has 2 atom stereocenters. The van der Waals surface area contributed by atoms with E-state index >= 15 is 0 Å². The van der Waals surface area contributed by atoms with Crippen LogP contribution in [0.3, 0.4) is 0 Å². The molecule has 0 radical (unpaired) electrons. The van der Waals surface area contributed by atoms with E-state index in [4.69, 9.17) is 18.9 Å². The Morgan fingerprint density at radius 1 is 1.04 bits per heavy atom. The number of rotatable bonds is 7. The van der Waals surface area contributed by atoms with Gasteiger partial charge < -0.3 is 18.9 Å². The summed E-state index contributed by atoms with van der Waals surface area (Å²) in [5.74, 6) is 1.55. The fourth-order valence-electron chi connectivity index (χ4n) is 3.96. The highest BCUT2D eigenvalue weighted by Gasteiger charge is 2.31. The third-order valence-corrected chi connectivity index (χ3v) is 5.35. The molecule has 1 aliphatic carbocycles. The second kappa shape index (κ2) is 9.41. The Morgan fingerprint density at radius 2 is 1.80 bits per heavy atom. The molecule has 3 rings (SSSR count). The quantitative estimate of drug-likeness (QED) is 0.757. The average Bonchev–Trinajstić information content (AvgIpc) is 2.69. The van der Waals surface area contributed by atoms with E-state index < -0.39 is 0 Å². The van der Waals surface area contributed by atoms with Gasteiger partial charge in [-0.15, -0.1) is 0 Å². The molecule has 1 aromatic rings. The molecule has 1 aromatic carbocycles. The highest BCUT2D eigenvalue weighted by molar-refractivity contribution is 5.42. The van der Waals surface area contributed by atoms with Crippen LogP contribution in [-0.2, 0) is 15.9 Å². The predicted molar refractivity (Wildman–Crippen MR) is 97.6 cm³/mol. The number of hydrogen-bond donors (Lipinski definition) is 0. The van der Waals surface area contributed by atoms with E-state index in [9.17, 15) is 0 Å². The molecule has 2 aliphatic rings. The van der Waals surface area contributed by atoms with Gasteiger partial charge >= 0.3 is 0 Å². The van der Waals surface area contributed by atoms with Crippen molar-refractivity contribution in [1.82, 2.24) is 4.90 Å². The van der Waals surface area contributed by atoms with Gasteiger partial charge in [-0.1, -0.05) is 18.9 Å². The molecule has 0 aromatic heterocycles. The fraction of sp³-hybridized carbons (Fsp3) is 0.700. The Kier molecular flexibility index (Phi) is 6.96. The molecule has 1 saturated carbocycles. The van der Waals surface area contributed by atoms with Crippen LogP contribution in [0.5, 0.6) is 11.5 Å². The second-order valence-corrected chi connectivity index (χ2v) is 6.85. The van der Waals surface area contributed by atoms with Crippen molar-refractivity contribution in [3.8, 4) is 11.5 Å². The molecule has 2 fully saturated rings. The van der Waals surface area contributed by atoms with E-state index in [0.717, 1.165) is 50.8 Å². The smallest absolute Gasteiger partial charge is 0.160 e. The van der Waals surface area contributed by atoms with Crippen LogP contribution in [0.1, 0.15) is 31.2 Å². The molecule has 1 aliphatic heterocycles. The molecular weight excluding hydrogens is 318 g/mol. The summed E-state index contributed by atoms with van der Waals surface area (Å²) in [7, 11) is 3.34. The SMILES string of the molecule is COc1ccc(CCO[C@@H]2CCCC[C@H]2N2CCOCC2)cc1OC. The highest BCUT2D eigenvalue weighted by atomic mass is 16.5. The molecule has 5 nitrogen and oxygen atoms in total. The number of methoxy groups -OCH3 is 2. The van der Waals surface area contributed by atoms with Crippen LogP contribution in [-0.4, -0.2) is 64.2 Å². The standard InChI is InChI=1S/C20H31NO4/c1-22-19-8-7-16(15-20(19)23-2)9-12-25-18-6-4-3-5-17(18)21-10-13-24-14-11-21/h7-8,15,17-18H,3-6,9-14H2,1-2H3/t17-,18-/m1/s1. The lowest BCUT2D eigenvalue weighted by Crippen LogP contribution is -2.51. The van der Waals surface area contributed by atoms with Gasteiger partial charge in [0.15, 0.2) is 11.5 Å². The maximum Gasteiger partial charge on any atom is 0.160 e. The molecule has 0 spiro atoms. The molecule has 1 heterocycles. The van der Waals surface area contributed by atoms with Crippen LogP contribution < -0.4 is 9.47 Å². The molecule has 0 bridgehead atoms. The number of ether oxygens (including phenoxy) is 4. The van der Waals surface area contributed by atoms with Crippen molar-refractivity contribution in [2.45, 2.75) is 44.2 Å². The van der Waals surface area contributed by atoms with Crippen LogP contribution in [0, 0.1) is 0 Å². The van der Waals surface area contributed by atoms with Crippen molar-refractivity contribution >= 4 is 0 Å². The van der Waals surface area contributed by atoms with Crippen molar-refractivity contribution < 1.29 is 18.9 Å². The lowest BCUT2D eigenvalue weighted by Gasteiger charge is -2.41. The summed E-state index contributed by atoms with van der Waals surface area (Å²) in [5, 5.41) is 0. The molecular formula is C20H31NO4. The first kappa shape index (κ1) is 18.5. The maximum atomic E-state index is 6.33. The predicted octanol–water partition coefficient (Wildman–Crippen LogP) is 2.91. The van der Waals surface area contributed by atoms with Gasteiger partial charge in [0, 0.05) is 19.1 Å². The summed E-state index contributed by atoms with van der Waals surface area (Å²) in [6.45, 7) is 4.55. The number of hydrogen-bond acceptors (Lipinski definition) is 5. The van der Waals surface area contributed by atoms with Gasteiger partial charge in [0.25, 0.3) is 0 Å². The summed E-state index contributed by atoms with van der Waals surface area (Å²) in [6.07, 6.45) is 6.27. The van der Waals surface area contributed by atoms with Crippen LogP contribution >= 0.6 is 0 Å². The van der Waals surface area contributed by atoms with Crippen molar-refractivity contribution in [2.75, 3.05) is 47.1 Å². The minimum Gasteiger partial charge on any atom is -0.493 e. The van der Waals surface area contributed by atoms with Crippen molar-refractivity contribution in [2.24, 2.45) is 0 Å². The Hall–Kier alpha value is -1.30. The van der Waals surface area contributed by atoms with E-state index in [0.29, 0.717) is 12.1 Å². The number of morpholine rings is 1. The average molecular weight is 349 g/mol. The first-order chi connectivity index (χ1) is 12.3. The summed E-state index contributed by atoms with van der Waals surface area (Å²) < 4.78 is 22.5. The maximum absolute atomic E-state index is 6.33. The van der Waals surface area contributed by atoms with Gasteiger partial charge in [0.2, 0.25) is 0 Å². The van der Waals surface area contributed by atoms with E-state index in [-0.39, 0.29) is 0 Å². The van der Waals surface area contributed by atoms with Crippen LogP contribution in [0.2, 0.25) is 0 Å². The van der Waals surface area contributed by atoms with E-state index in [1.807, 2.05) is 12.1 Å². The van der Waals surface area contributed by atoms with E-state index in [1.165, 1.54) is 31.2 Å². The minimum absolute atomic E-state index is 0.354. The molecule has 0 N–H and O–H groups in total. The molecule has 5 heteroatoms. The molecule has 140 valence electrons. The van der Waals surface area contributed by atoms with Crippen LogP contribution in [0.25, 0.3) is 0 Å². The highest BCUT2D eigenvalue weighted by Crippen LogP contribution is 2.29. The Bertz CT molecular complexity index is 530.